The lowest BCUT2D eigenvalue weighted by atomic mass is 10.1. The molecule has 2 aliphatic heterocycles. The van der Waals surface area contributed by atoms with Gasteiger partial charge in [-0.05, 0) is 31.4 Å². The number of anilines is 2. The van der Waals surface area contributed by atoms with Gasteiger partial charge in [-0.3, -0.25) is 4.90 Å². The average Bonchev–Trinajstić information content (AvgIpc) is 3.23. The monoisotopic (exact) mass is 337 g/mol. The second-order valence-electron chi connectivity index (χ2n) is 7.02. The van der Waals surface area contributed by atoms with Crippen LogP contribution in [0.2, 0.25) is 0 Å². The minimum atomic E-state index is 0.467. The third-order valence-corrected chi connectivity index (χ3v) is 5.49. The summed E-state index contributed by atoms with van der Waals surface area (Å²) < 4.78 is 0. The molecule has 1 unspecified atom stereocenters. The second kappa shape index (κ2) is 7.40. The molecule has 0 amide bonds. The molecule has 0 bridgehead atoms. The molecular formula is C20H27N5. The van der Waals surface area contributed by atoms with Crippen LogP contribution in [0.3, 0.4) is 0 Å². The summed E-state index contributed by atoms with van der Waals surface area (Å²) in [5, 5.41) is 0. The van der Waals surface area contributed by atoms with Crippen molar-refractivity contribution in [3.8, 4) is 0 Å². The molecule has 2 fully saturated rings. The summed E-state index contributed by atoms with van der Waals surface area (Å²) >= 11 is 0. The molecular weight excluding hydrogens is 310 g/mol. The highest BCUT2D eigenvalue weighted by Crippen LogP contribution is 2.24. The molecule has 132 valence electrons. The summed E-state index contributed by atoms with van der Waals surface area (Å²) in [6.07, 6.45) is 4.42. The van der Waals surface area contributed by atoms with Gasteiger partial charge in [-0.2, -0.15) is 4.98 Å². The van der Waals surface area contributed by atoms with Gasteiger partial charge in [0, 0.05) is 51.5 Å². The van der Waals surface area contributed by atoms with Gasteiger partial charge in [0.2, 0.25) is 5.95 Å². The number of hydrogen-bond donors (Lipinski definition) is 0. The Hall–Kier alpha value is -2.14. The van der Waals surface area contributed by atoms with Crippen molar-refractivity contribution in [2.45, 2.75) is 25.8 Å². The molecule has 1 aromatic heterocycles. The van der Waals surface area contributed by atoms with Gasteiger partial charge in [0.1, 0.15) is 5.82 Å². The van der Waals surface area contributed by atoms with Gasteiger partial charge in [-0.1, -0.05) is 30.3 Å². The summed E-state index contributed by atoms with van der Waals surface area (Å²) in [5.41, 5.74) is 1.40. The SMILES string of the molecule is CC(c1ccccc1)N1CCN(c2ccnc(N3CCCC3)n2)CC1. The van der Waals surface area contributed by atoms with Crippen LogP contribution in [0.15, 0.2) is 42.6 Å². The van der Waals surface area contributed by atoms with E-state index in [2.05, 4.69) is 63.0 Å². The van der Waals surface area contributed by atoms with Crippen LogP contribution >= 0.6 is 0 Å². The highest BCUT2D eigenvalue weighted by molar-refractivity contribution is 5.44. The van der Waals surface area contributed by atoms with Crippen molar-refractivity contribution in [2.75, 3.05) is 49.1 Å². The Morgan fingerprint density at radius 2 is 1.56 bits per heavy atom. The van der Waals surface area contributed by atoms with E-state index in [4.69, 9.17) is 4.98 Å². The quantitative estimate of drug-likeness (QED) is 0.857. The third-order valence-electron chi connectivity index (χ3n) is 5.49. The van der Waals surface area contributed by atoms with Crippen molar-refractivity contribution < 1.29 is 0 Å². The van der Waals surface area contributed by atoms with E-state index in [1.807, 2.05) is 6.20 Å². The first-order valence-electron chi connectivity index (χ1n) is 9.43. The van der Waals surface area contributed by atoms with E-state index in [-0.39, 0.29) is 0 Å². The minimum Gasteiger partial charge on any atom is -0.354 e. The smallest absolute Gasteiger partial charge is 0.227 e. The van der Waals surface area contributed by atoms with Gasteiger partial charge in [0.05, 0.1) is 0 Å². The summed E-state index contributed by atoms with van der Waals surface area (Å²) in [7, 11) is 0. The zero-order valence-corrected chi connectivity index (χ0v) is 15.0. The average molecular weight is 337 g/mol. The van der Waals surface area contributed by atoms with Crippen LogP contribution in [-0.4, -0.2) is 54.1 Å². The maximum absolute atomic E-state index is 4.83. The van der Waals surface area contributed by atoms with Gasteiger partial charge in [0.15, 0.2) is 0 Å². The lowest BCUT2D eigenvalue weighted by Crippen LogP contribution is -2.47. The molecule has 0 N–H and O–H groups in total. The molecule has 2 aliphatic rings. The van der Waals surface area contributed by atoms with Gasteiger partial charge < -0.3 is 9.80 Å². The number of hydrogen-bond acceptors (Lipinski definition) is 5. The summed E-state index contributed by atoms with van der Waals surface area (Å²) in [6.45, 7) is 8.66. The molecule has 0 radical (unpaired) electrons. The summed E-state index contributed by atoms with van der Waals surface area (Å²) in [4.78, 5) is 16.6. The Morgan fingerprint density at radius 3 is 2.28 bits per heavy atom. The Bertz CT molecular complexity index is 675. The van der Waals surface area contributed by atoms with Gasteiger partial charge in [-0.15, -0.1) is 0 Å². The highest BCUT2D eigenvalue weighted by atomic mass is 15.3. The lowest BCUT2D eigenvalue weighted by molar-refractivity contribution is 0.198. The van der Waals surface area contributed by atoms with Crippen molar-refractivity contribution in [1.82, 2.24) is 14.9 Å². The van der Waals surface area contributed by atoms with E-state index in [9.17, 15) is 0 Å². The first-order valence-corrected chi connectivity index (χ1v) is 9.43. The Kier molecular flexibility index (Phi) is 4.83. The predicted molar refractivity (Wildman–Crippen MR) is 102 cm³/mol. The molecule has 5 heteroatoms. The fourth-order valence-corrected chi connectivity index (χ4v) is 3.87. The van der Waals surface area contributed by atoms with E-state index in [1.165, 1.54) is 18.4 Å². The molecule has 1 atom stereocenters. The van der Waals surface area contributed by atoms with Crippen molar-refractivity contribution in [3.05, 3.63) is 48.2 Å². The van der Waals surface area contributed by atoms with Gasteiger partial charge in [0.25, 0.3) is 0 Å². The van der Waals surface area contributed by atoms with E-state index in [0.29, 0.717) is 6.04 Å². The Balaban J connectivity index is 1.39. The molecule has 2 saturated heterocycles. The molecule has 1 aromatic carbocycles. The standard InChI is InChI=1S/C20H27N5/c1-17(18-7-3-2-4-8-18)23-13-15-24(16-14-23)19-9-10-21-20(22-19)25-11-5-6-12-25/h2-4,7-10,17H,5-6,11-16H2,1H3. The van der Waals surface area contributed by atoms with Crippen molar-refractivity contribution in [3.63, 3.8) is 0 Å². The minimum absolute atomic E-state index is 0.467. The number of benzene rings is 1. The molecule has 4 rings (SSSR count). The molecule has 0 saturated carbocycles. The zero-order valence-electron chi connectivity index (χ0n) is 15.0. The fraction of sp³-hybridized carbons (Fsp3) is 0.500. The second-order valence-corrected chi connectivity index (χ2v) is 7.02. The predicted octanol–water partition coefficient (Wildman–Crippen LogP) is 2.96. The van der Waals surface area contributed by atoms with E-state index >= 15 is 0 Å². The Labute approximate surface area is 150 Å². The molecule has 25 heavy (non-hydrogen) atoms. The maximum Gasteiger partial charge on any atom is 0.227 e. The van der Waals surface area contributed by atoms with Crippen LogP contribution in [0.5, 0.6) is 0 Å². The van der Waals surface area contributed by atoms with Crippen LogP contribution < -0.4 is 9.80 Å². The van der Waals surface area contributed by atoms with E-state index < -0.39 is 0 Å². The van der Waals surface area contributed by atoms with E-state index in [0.717, 1.165) is 51.0 Å². The van der Waals surface area contributed by atoms with Gasteiger partial charge in [-0.25, -0.2) is 4.98 Å². The van der Waals surface area contributed by atoms with Crippen molar-refractivity contribution >= 4 is 11.8 Å². The largest absolute Gasteiger partial charge is 0.354 e. The Morgan fingerprint density at radius 1 is 0.840 bits per heavy atom. The van der Waals surface area contributed by atoms with Crippen LogP contribution in [0.25, 0.3) is 0 Å². The number of nitrogens with zero attached hydrogens (tertiary/aromatic N) is 5. The summed E-state index contributed by atoms with van der Waals surface area (Å²) in [5.74, 6) is 1.97. The van der Waals surface area contributed by atoms with Crippen molar-refractivity contribution in [2.24, 2.45) is 0 Å². The number of rotatable bonds is 4. The molecule has 0 spiro atoms. The molecule has 5 nitrogen and oxygen atoms in total. The van der Waals surface area contributed by atoms with Crippen LogP contribution in [0, 0.1) is 0 Å². The van der Waals surface area contributed by atoms with Crippen LogP contribution in [0.4, 0.5) is 11.8 Å². The number of piperazine rings is 1. The molecule has 0 aliphatic carbocycles. The molecule has 3 heterocycles. The maximum atomic E-state index is 4.83. The third kappa shape index (κ3) is 3.61. The van der Waals surface area contributed by atoms with E-state index in [1.54, 1.807) is 0 Å². The van der Waals surface area contributed by atoms with Crippen LogP contribution in [-0.2, 0) is 0 Å². The zero-order chi connectivity index (χ0) is 17.1. The number of aromatic nitrogens is 2. The first-order chi connectivity index (χ1) is 12.3. The van der Waals surface area contributed by atoms with Crippen molar-refractivity contribution in [1.29, 1.82) is 0 Å². The molecule has 2 aromatic rings. The van der Waals surface area contributed by atoms with Gasteiger partial charge >= 0.3 is 0 Å². The van der Waals surface area contributed by atoms with Crippen LogP contribution in [0.1, 0.15) is 31.4 Å². The lowest BCUT2D eigenvalue weighted by Gasteiger charge is -2.38. The topological polar surface area (TPSA) is 35.5 Å². The first kappa shape index (κ1) is 16.3. The highest BCUT2D eigenvalue weighted by Gasteiger charge is 2.23. The normalized spacial score (nSPS) is 20.0. The fourth-order valence-electron chi connectivity index (χ4n) is 3.87. The summed E-state index contributed by atoms with van der Waals surface area (Å²) in [6, 6.07) is 13.3.